The number of carbonyl (C=O) groups is 2. The topological polar surface area (TPSA) is 151 Å². The molecule has 3 heterocycles. The van der Waals surface area contributed by atoms with Crippen molar-refractivity contribution in [3.63, 3.8) is 0 Å². The molecule has 0 bridgehead atoms. The van der Waals surface area contributed by atoms with Crippen LogP contribution in [0.2, 0.25) is 30.8 Å². The predicted molar refractivity (Wildman–Crippen MR) is 177 cm³/mol. The maximum absolute atomic E-state index is 13.2. The minimum absolute atomic E-state index is 0.0752. The predicted octanol–water partition coefficient (Wildman–Crippen LogP) is 5.33. The molecule has 0 aliphatic heterocycles. The third-order valence-corrected chi connectivity index (χ3v) is 8.65. The normalized spacial score (nSPS) is 12.9. The molecule has 1 aromatic carbocycles. The van der Waals surface area contributed by atoms with E-state index in [-0.39, 0.29) is 35.7 Å². The molecule has 3 aromatic heterocycles. The Morgan fingerprint density at radius 3 is 2.58 bits per heavy atom. The summed E-state index contributed by atoms with van der Waals surface area (Å²) in [7, 11) is 0.357. The number of nitrogens with zero attached hydrogens (tertiary/aromatic N) is 6. The molecule has 4 rings (SSSR count). The van der Waals surface area contributed by atoms with Crippen LogP contribution in [0.4, 0.5) is 16.2 Å². The second-order valence-electron chi connectivity index (χ2n) is 13.3. The van der Waals surface area contributed by atoms with E-state index in [4.69, 9.17) is 31.5 Å². The summed E-state index contributed by atoms with van der Waals surface area (Å²) in [4.78, 5) is 31.5. The van der Waals surface area contributed by atoms with Crippen molar-refractivity contribution < 1.29 is 23.8 Å². The molecule has 2 amide bonds. The maximum Gasteiger partial charge on any atom is 0.414 e. The van der Waals surface area contributed by atoms with Gasteiger partial charge in [0.15, 0.2) is 16.5 Å². The summed E-state index contributed by atoms with van der Waals surface area (Å²) in [5, 5.41) is 12.6. The summed E-state index contributed by atoms with van der Waals surface area (Å²) in [6.45, 7) is 15.6. The molecule has 0 saturated heterocycles. The van der Waals surface area contributed by atoms with Crippen molar-refractivity contribution in [1.29, 1.82) is 0 Å². The maximum atomic E-state index is 13.2. The smallest absolute Gasteiger partial charge is 0.414 e. The van der Waals surface area contributed by atoms with Gasteiger partial charge in [0.05, 0.1) is 36.8 Å². The minimum atomic E-state index is -1.18. The lowest BCUT2D eigenvalue weighted by molar-refractivity contribution is 0.0589. The zero-order valence-electron chi connectivity index (χ0n) is 27.2. The number of ether oxygens (including phenoxy) is 3. The number of anilines is 2. The van der Waals surface area contributed by atoms with Gasteiger partial charge in [0.25, 0.3) is 5.91 Å². The molecule has 0 radical (unpaired) electrons. The van der Waals surface area contributed by atoms with E-state index in [0.29, 0.717) is 24.7 Å². The van der Waals surface area contributed by atoms with Gasteiger partial charge in [0.2, 0.25) is 0 Å². The van der Waals surface area contributed by atoms with E-state index in [1.807, 2.05) is 19.1 Å². The monoisotopic (exact) mass is 658 g/mol. The van der Waals surface area contributed by atoms with Crippen molar-refractivity contribution >= 4 is 59.6 Å². The van der Waals surface area contributed by atoms with E-state index in [2.05, 4.69) is 40.1 Å². The van der Waals surface area contributed by atoms with Crippen LogP contribution >= 0.6 is 11.6 Å². The quantitative estimate of drug-likeness (QED) is 0.117. The minimum Gasteiger partial charge on any atom is -0.443 e. The number of carbonyl (C=O) groups excluding carboxylic acids is 2. The van der Waals surface area contributed by atoms with Gasteiger partial charge >= 0.3 is 6.09 Å². The van der Waals surface area contributed by atoms with Crippen LogP contribution in [0.25, 0.3) is 16.6 Å². The third kappa shape index (κ3) is 8.93. The fourth-order valence-electron chi connectivity index (χ4n) is 4.46. The SMILES string of the molecule is C[C@H](COCc1cc(N)cc2c1cnn2COCC[Si](C)(C)C)NC(=O)c1cnc2c(N(C)C(=O)OC(C)(C)C)cc(Cl)nn12. The Morgan fingerprint density at radius 1 is 1.16 bits per heavy atom. The molecule has 0 saturated carbocycles. The van der Waals surface area contributed by atoms with Crippen LogP contribution < -0.4 is 16.0 Å². The number of nitrogens with one attached hydrogen (secondary N) is 1. The lowest BCUT2D eigenvalue weighted by Crippen LogP contribution is -2.36. The van der Waals surface area contributed by atoms with Crippen molar-refractivity contribution in [3.05, 3.63) is 47.0 Å². The first-order chi connectivity index (χ1) is 21.0. The number of hydrogen-bond donors (Lipinski definition) is 2. The summed E-state index contributed by atoms with van der Waals surface area (Å²) >= 11 is 6.26. The fourth-order valence-corrected chi connectivity index (χ4v) is 5.40. The Kier molecular flexibility index (Phi) is 10.4. The molecule has 0 aliphatic carbocycles. The second-order valence-corrected chi connectivity index (χ2v) is 19.3. The molecule has 244 valence electrons. The highest BCUT2D eigenvalue weighted by Crippen LogP contribution is 2.26. The molecule has 13 nitrogen and oxygen atoms in total. The summed E-state index contributed by atoms with van der Waals surface area (Å²) < 4.78 is 20.4. The number of amides is 2. The van der Waals surface area contributed by atoms with E-state index < -0.39 is 25.7 Å². The number of aromatic nitrogens is 5. The molecule has 3 N–H and O–H groups in total. The molecule has 4 aromatic rings. The number of benzene rings is 1. The summed E-state index contributed by atoms with van der Waals surface area (Å²) in [5.41, 5.74) is 8.63. The van der Waals surface area contributed by atoms with Crippen LogP contribution in [0, 0.1) is 0 Å². The second kappa shape index (κ2) is 13.7. The molecule has 0 aliphatic rings. The Labute approximate surface area is 269 Å². The zero-order chi connectivity index (χ0) is 33.1. The summed E-state index contributed by atoms with van der Waals surface area (Å²) in [5.74, 6) is -0.430. The molecule has 15 heteroatoms. The van der Waals surface area contributed by atoms with Crippen LogP contribution in [0.1, 0.15) is 43.7 Å². The Morgan fingerprint density at radius 2 is 1.89 bits per heavy atom. The molecule has 45 heavy (non-hydrogen) atoms. The standard InChI is InChI=1S/C30H43ClN8O5Si/c1-19(16-43-17-20-11-21(32)12-23-22(20)14-34-38(23)18-42-9-10-45(6,7)8)35-28(40)25-15-33-27-24(13-26(31)36-39(25)27)37(5)29(41)44-30(2,3)4/h11-15,19H,9-10,16-18,32H2,1-8H3,(H,35,40)/t19-/m1/s1. The van der Waals surface area contributed by atoms with Crippen molar-refractivity contribution in [2.75, 3.05) is 30.9 Å². The highest BCUT2D eigenvalue weighted by atomic mass is 35.5. The van der Waals surface area contributed by atoms with E-state index in [1.165, 1.54) is 28.7 Å². The van der Waals surface area contributed by atoms with Gasteiger partial charge in [-0.05, 0) is 51.4 Å². The highest BCUT2D eigenvalue weighted by molar-refractivity contribution is 6.76. The van der Waals surface area contributed by atoms with Gasteiger partial charge in [0.1, 0.15) is 12.3 Å². The Balaban J connectivity index is 1.38. The Hall–Kier alpha value is -3.72. The van der Waals surface area contributed by atoms with Crippen molar-refractivity contribution in [2.45, 2.75) is 78.4 Å². The van der Waals surface area contributed by atoms with Crippen LogP contribution in [0.5, 0.6) is 0 Å². The van der Waals surface area contributed by atoms with Crippen LogP contribution in [-0.4, -0.2) is 76.4 Å². The molecule has 1 atom stereocenters. The molecule has 0 fully saturated rings. The van der Waals surface area contributed by atoms with Crippen molar-refractivity contribution in [3.8, 4) is 0 Å². The lowest BCUT2D eigenvalue weighted by Gasteiger charge is -2.24. The molecular formula is C30H43ClN8O5Si. The van der Waals surface area contributed by atoms with Gasteiger partial charge in [-0.25, -0.2) is 19.0 Å². The van der Waals surface area contributed by atoms with Gasteiger partial charge in [-0.2, -0.15) is 10.2 Å². The average Bonchev–Trinajstić information content (AvgIpc) is 3.53. The van der Waals surface area contributed by atoms with Gasteiger partial charge < -0.3 is 25.3 Å². The number of nitrogen functional groups attached to an aromatic ring is 1. The first-order valence-corrected chi connectivity index (χ1v) is 18.8. The molecule has 0 unspecified atom stereocenters. The number of imidazole rings is 1. The fraction of sp³-hybridized carbons (Fsp3) is 0.500. The zero-order valence-corrected chi connectivity index (χ0v) is 28.9. The van der Waals surface area contributed by atoms with Crippen LogP contribution in [0.15, 0.2) is 30.6 Å². The van der Waals surface area contributed by atoms with Gasteiger partial charge in [-0.3, -0.25) is 9.69 Å². The summed E-state index contributed by atoms with van der Waals surface area (Å²) in [6, 6.07) is 5.96. The van der Waals surface area contributed by atoms with Crippen molar-refractivity contribution in [2.24, 2.45) is 0 Å². The average molecular weight is 659 g/mol. The van der Waals surface area contributed by atoms with E-state index in [0.717, 1.165) is 22.5 Å². The first-order valence-electron chi connectivity index (χ1n) is 14.7. The lowest BCUT2D eigenvalue weighted by atomic mass is 10.1. The van der Waals surface area contributed by atoms with Crippen molar-refractivity contribution in [1.82, 2.24) is 29.7 Å². The highest BCUT2D eigenvalue weighted by Gasteiger charge is 2.25. The number of rotatable bonds is 12. The van der Waals surface area contributed by atoms with Gasteiger partial charge in [0, 0.05) is 44.9 Å². The van der Waals surface area contributed by atoms with Crippen LogP contribution in [0.3, 0.4) is 0 Å². The van der Waals surface area contributed by atoms with E-state index in [9.17, 15) is 9.59 Å². The Bertz CT molecular complexity index is 1680. The first kappa shape index (κ1) is 34.2. The number of halogens is 1. The molecule has 0 spiro atoms. The van der Waals surface area contributed by atoms with Gasteiger partial charge in [-0.1, -0.05) is 31.2 Å². The number of hydrogen-bond acceptors (Lipinski definition) is 9. The van der Waals surface area contributed by atoms with Gasteiger partial charge in [-0.15, -0.1) is 0 Å². The van der Waals surface area contributed by atoms with Crippen LogP contribution in [-0.2, 0) is 27.5 Å². The number of fused-ring (bicyclic) bond motifs is 2. The van der Waals surface area contributed by atoms with E-state index in [1.54, 1.807) is 31.6 Å². The largest absolute Gasteiger partial charge is 0.443 e. The molecular weight excluding hydrogens is 616 g/mol. The summed E-state index contributed by atoms with van der Waals surface area (Å²) in [6.07, 6.45) is 2.57. The third-order valence-electron chi connectivity index (χ3n) is 6.76. The van der Waals surface area contributed by atoms with E-state index >= 15 is 0 Å². The number of nitrogens with two attached hydrogens (primary N) is 1.